The molecular formula is C9H12N2O3S. The Hall–Kier alpha value is -1.30. The summed E-state index contributed by atoms with van der Waals surface area (Å²) in [5.74, 6) is -0.298. The van der Waals surface area contributed by atoms with Crippen LogP contribution in [0.1, 0.15) is 6.92 Å². The number of aliphatic carboxylic acids is 1. The quantitative estimate of drug-likeness (QED) is 0.605. The molecule has 1 aromatic heterocycles. The van der Waals surface area contributed by atoms with Gasteiger partial charge in [0.05, 0.1) is 13.0 Å². The lowest BCUT2D eigenvalue weighted by Crippen LogP contribution is -2.12. The van der Waals surface area contributed by atoms with Crippen LogP contribution in [0.5, 0.6) is 5.88 Å². The van der Waals surface area contributed by atoms with Gasteiger partial charge in [-0.1, -0.05) is 18.7 Å². The predicted molar refractivity (Wildman–Crippen MR) is 56.1 cm³/mol. The van der Waals surface area contributed by atoms with E-state index in [0.29, 0.717) is 16.8 Å². The van der Waals surface area contributed by atoms with Gasteiger partial charge >= 0.3 is 5.97 Å². The van der Waals surface area contributed by atoms with Gasteiger partial charge in [-0.25, -0.2) is 4.98 Å². The molecule has 82 valence electrons. The van der Waals surface area contributed by atoms with E-state index in [9.17, 15) is 4.79 Å². The summed E-state index contributed by atoms with van der Waals surface area (Å²) >= 11 is 1.30. The number of carbonyl (C=O) groups is 1. The van der Waals surface area contributed by atoms with E-state index in [0.717, 1.165) is 0 Å². The number of nitrogens with zero attached hydrogens (tertiary/aromatic N) is 2. The second-order valence-corrected chi connectivity index (χ2v) is 3.92. The van der Waals surface area contributed by atoms with E-state index in [-0.39, 0.29) is 0 Å². The van der Waals surface area contributed by atoms with Crippen molar-refractivity contribution < 1.29 is 14.6 Å². The minimum absolute atomic E-state index is 0.412. The van der Waals surface area contributed by atoms with E-state index >= 15 is 0 Å². The average Bonchev–Trinajstić information content (AvgIpc) is 2.26. The van der Waals surface area contributed by atoms with E-state index in [1.165, 1.54) is 18.9 Å². The minimum Gasteiger partial charge on any atom is -0.481 e. The first-order valence-electron chi connectivity index (χ1n) is 4.36. The van der Waals surface area contributed by atoms with Crippen molar-refractivity contribution in [2.24, 2.45) is 5.92 Å². The van der Waals surface area contributed by atoms with Gasteiger partial charge in [0.1, 0.15) is 0 Å². The van der Waals surface area contributed by atoms with Crippen molar-refractivity contribution in [3.05, 3.63) is 12.3 Å². The zero-order valence-corrected chi connectivity index (χ0v) is 9.32. The summed E-state index contributed by atoms with van der Waals surface area (Å²) in [6.07, 6.45) is 1.58. The van der Waals surface area contributed by atoms with Crippen molar-refractivity contribution in [1.82, 2.24) is 9.97 Å². The van der Waals surface area contributed by atoms with Crippen molar-refractivity contribution in [2.45, 2.75) is 12.1 Å². The number of carboxylic acids is 1. The van der Waals surface area contributed by atoms with Gasteiger partial charge in [0.25, 0.3) is 0 Å². The van der Waals surface area contributed by atoms with Crippen LogP contribution in [-0.4, -0.2) is 33.9 Å². The molecule has 6 heteroatoms. The Morgan fingerprint density at radius 1 is 1.73 bits per heavy atom. The van der Waals surface area contributed by atoms with Crippen molar-refractivity contribution in [2.75, 3.05) is 12.9 Å². The van der Waals surface area contributed by atoms with Gasteiger partial charge in [-0.05, 0) is 0 Å². The number of ether oxygens (including phenoxy) is 1. The van der Waals surface area contributed by atoms with E-state index in [2.05, 4.69) is 9.97 Å². The molecule has 0 amide bonds. The molecule has 1 unspecified atom stereocenters. The largest absolute Gasteiger partial charge is 0.481 e. The maximum Gasteiger partial charge on any atom is 0.307 e. The van der Waals surface area contributed by atoms with Crippen LogP contribution in [0.3, 0.4) is 0 Å². The second kappa shape index (κ2) is 5.55. The van der Waals surface area contributed by atoms with Gasteiger partial charge in [0.2, 0.25) is 5.88 Å². The Morgan fingerprint density at radius 2 is 2.47 bits per heavy atom. The highest BCUT2D eigenvalue weighted by Gasteiger charge is 2.12. The van der Waals surface area contributed by atoms with Crippen LogP contribution in [-0.2, 0) is 4.79 Å². The highest BCUT2D eigenvalue weighted by molar-refractivity contribution is 7.99. The summed E-state index contributed by atoms with van der Waals surface area (Å²) in [6.45, 7) is 1.65. The number of hydrogen-bond acceptors (Lipinski definition) is 5. The molecule has 1 N–H and O–H groups in total. The third-order valence-corrected chi connectivity index (χ3v) is 2.82. The normalized spacial score (nSPS) is 12.1. The number of rotatable bonds is 5. The zero-order valence-electron chi connectivity index (χ0n) is 8.51. The van der Waals surface area contributed by atoms with Crippen molar-refractivity contribution in [1.29, 1.82) is 0 Å². The summed E-state index contributed by atoms with van der Waals surface area (Å²) in [4.78, 5) is 18.6. The van der Waals surface area contributed by atoms with Crippen LogP contribution < -0.4 is 4.74 Å². The molecule has 1 heterocycles. The van der Waals surface area contributed by atoms with Crippen LogP contribution in [0, 0.1) is 5.92 Å². The Kier molecular flexibility index (Phi) is 4.36. The fourth-order valence-corrected chi connectivity index (χ4v) is 1.61. The third kappa shape index (κ3) is 3.75. The minimum atomic E-state index is -0.814. The second-order valence-electron chi connectivity index (χ2n) is 2.93. The third-order valence-electron chi connectivity index (χ3n) is 1.70. The molecule has 15 heavy (non-hydrogen) atoms. The molecule has 0 aliphatic rings. The lowest BCUT2D eigenvalue weighted by Gasteiger charge is -2.05. The standard InChI is InChI=1S/C9H12N2O3S/c1-6(8(12)13)5-15-9-10-4-3-7(11-9)14-2/h3-4,6H,5H2,1-2H3,(H,12,13). The molecule has 0 bridgehead atoms. The highest BCUT2D eigenvalue weighted by Crippen LogP contribution is 2.18. The van der Waals surface area contributed by atoms with Crippen molar-refractivity contribution in [3.8, 4) is 5.88 Å². The molecule has 1 atom stereocenters. The fraction of sp³-hybridized carbons (Fsp3) is 0.444. The van der Waals surface area contributed by atoms with Crippen LogP contribution >= 0.6 is 11.8 Å². The van der Waals surface area contributed by atoms with E-state index < -0.39 is 11.9 Å². The average molecular weight is 228 g/mol. The lowest BCUT2D eigenvalue weighted by molar-refractivity contribution is -0.140. The molecule has 0 spiro atoms. The molecule has 0 saturated heterocycles. The summed E-state index contributed by atoms with van der Waals surface area (Å²) in [5.41, 5.74) is 0. The fourth-order valence-electron chi connectivity index (χ4n) is 0.779. The van der Waals surface area contributed by atoms with E-state index in [1.807, 2.05) is 0 Å². The molecular weight excluding hydrogens is 216 g/mol. The first kappa shape index (κ1) is 11.8. The molecule has 0 radical (unpaired) electrons. The van der Waals surface area contributed by atoms with Gasteiger partial charge in [-0.15, -0.1) is 0 Å². The van der Waals surface area contributed by atoms with Gasteiger partial charge < -0.3 is 9.84 Å². The molecule has 5 nitrogen and oxygen atoms in total. The molecule has 0 aliphatic carbocycles. The Balaban J connectivity index is 2.53. The molecule has 0 fully saturated rings. The summed E-state index contributed by atoms with van der Waals surface area (Å²) < 4.78 is 4.93. The lowest BCUT2D eigenvalue weighted by atomic mass is 10.2. The molecule has 0 aliphatic heterocycles. The Morgan fingerprint density at radius 3 is 3.07 bits per heavy atom. The first-order valence-corrected chi connectivity index (χ1v) is 5.34. The Labute approximate surface area is 91.9 Å². The summed E-state index contributed by atoms with van der Waals surface area (Å²) in [7, 11) is 1.52. The number of methoxy groups -OCH3 is 1. The van der Waals surface area contributed by atoms with Crippen LogP contribution in [0.2, 0.25) is 0 Å². The van der Waals surface area contributed by atoms with Crippen LogP contribution in [0.4, 0.5) is 0 Å². The number of carboxylic acid groups (broad SMARTS) is 1. The van der Waals surface area contributed by atoms with Gasteiger partial charge in [0, 0.05) is 18.0 Å². The number of aromatic nitrogens is 2. The van der Waals surface area contributed by atoms with Crippen molar-refractivity contribution >= 4 is 17.7 Å². The van der Waals surface area contributed by atoms with Crippen LogP contribution in [0.15, 0.2) is 17.4 Å². The smallest absolute Gasteiger partial charge is 0.307 e. The first-order chi connectivity index (χ1) is 7.13. The molecule has 1 rings (SSSR count). The van der Waals surface area contributed by atoms with Gasteiger partial charge in [-0.2, -0.15) is 4.98 Å². The molecule has 1 aromatic rings. The molecule has 0 aromatic carbocycles. The maximum atomic E-state index is 10.6. The van der Waals surface area contributed by atoms with Gasteiger partial charge in [-0.3, -0.25) is 4.79 Å². The Bertz CT molecular complexity index is 346. The van der Waals surface area contributed by atoms with E-state index in [4.69, 9.17) is 9.84 Å². The maximum absolute atomic E-state index is 10.6. The van der Waals surface area contributed by atoms with Gasteiger partial charge in [0.15, 0.2) is 5.16 Å². The SMILES string of the molecule is COc1ccnc(SCC(C)C(=O)O)n1. The zero-order chi connectivity index (χ0) is 11.3. The summed E-state index contributed by atoms with van der Waals surface area (Å²) in [6, 6.07) is 1.64. The predicted octanol–water partition coefficient (Wildman–Crippen LogP) is 1.30. The van der Waals surface area contributed by atoms with Crippen molar-refractivity contribution in [3.63, 3.8) is 0 Å². The topological polar surface area (TPSA) is 72.3 Å². The number of hydrogen-bond donors (Lipinski definition) is 1. The summed E-state index contributed by atoms with van der Waals surface area (Å²) in [5, 5.41) is 9.21. The number of thioether (sulfide) groups is 1. The highest BCUT2D eigenvalue weighted by atomic mass is 32.2. The van der Waals surface area contributed by atoms with Crippen LogP contribution in [0.25, 0.3) is 0 Å². The monoisotopic (exact) mass is 228 g/mol. The van der Waals surface area contributed by atoms with E-state index in [1.54, 1.807) is 19.2 Å². The molecule has 0 saturated carbocycles.